The zero-order chi connectivity index (χ0) is 11.7. The fraction of sp³-hybridized carbons (Fsp3) is 0.900. The second-order valence-corrected chi connectivity index (χ2v) is 4.69. The highest BCUT2D eigenvalue weighted by molar-refractivity contribution is 5.76. The third-order valence-electron chi connectivity index (χ3n) is 2.61. The van der Waals surface area contributed by atoms with Crippen molar-refractivity contribution in [2.24, 2.45) is 5.41 Å². The topological polar surface area (TPSA) is 29.5 Å². The molecular weight excluding hydrogens is 204 g/mol. The van der Waals surface area contributed by atoms with Gasteiger partial charge in [-0.3, -0.25) is 9.69 Å². The molecule has 1 aliphatic heterocycles. The van der Waals surface area contributed by atoms with Crippen molar-refractivity contribution in [2.75, 3.05) is 26.7 Å². The monoisotopic (exact) mass is 221 g/mol. The molecule has 1 saturated heterocycles. The third-order valence-corrected chi connectivity index (χ3v) is 2.61. The van der Waals surface area contributed by atoms with Crippen LogP contribution >= 0.6 is 0 Å². The van der Waals surface area contributed by atoms with E-state index in [1.807, 2.05) is 0 Å². The standard InChI is InChI=1S/C10H17F2NO2/c1-9(2,8(14)15-3)6-13-5-4-10(11,12)7-13/h4-7H2,1-3H3. The molecule has 0 amide bonds. The minimum atomic E-state index is -2.60. The van der Waals surface area contributed by atoms with E-state index >= 15 is 0 Å². The molecule has 1 aliphatic rings. The van der Waals surface area contributed by atoms with Gasteiger partial charge in [0.15, 0.2) is 0 Å². The van der Waals surface area contributed by atoms with Gasteiger partial charge in [0, 0.05) is 19.5 Å². The first kappa shape index (κ1) is 12.4. The fourth-order valence-electron chi connectivity index (χ4n) is 1.84. The number of alkyl halides is 2. The van der Waals surface area contributed by atoms with Gasteiger partial charge in [0.25, 0.3) is 5.92 Å². The molecule has 0 aromatic carbocycles. The molecular formula is C10H17F2NO2. The Morgan fingerprint density at radius 3 is 2.53 bits per heavy atom. The van der Waals surface area contributed by atoms with E-state index in [-0.39, 0.29) is 18.9 Å². The fourth-order valence-corrected chi connectivity index (χ4v) is 1.84. The van der Waals surface area contributed by atoms with Crippen LogP contribution in [-0.4, -0.2) is 43.5 Å². The van der Waals surface area contributed by atoms with Crippen molar-refractivity contribution in [1.29, 1.82) is 0 Å². The van der Waals surface area contributed by atoms with Crippen LogP contribution in [0.4, 0.5) is 8.78 Å². The molecule has 0 spiro atoms. The van der Waals surface area contributed by atoms with Crippen LogP contribution in [0.15, 0.2) is 0 Å². The van der Waals surface area contributed by atoms with Crippen LogP contribution in [0.25, 0.3) is 0 Å². The van der Waals surface area contributed by atoms with Gasteiger partial charge in [0.2, 0.25) is 0 Å². The van der Waals surface area contributed by atoms with E-state index in [4.69, 9.17) is 0 Å². The maximum absolute atomic E-state index is 12.9. The molecule has 0 unspecified atom stereocenters. The average Bonchev–Trinajstić information content (AvgIpc) is 2.43. The Hall–Kier alpha value is -0.710. The van der Waals surface area contributed by atoms with E-state index in [0.29, 0.717) is 13.1 Å². The number of carbonyl (C=O) groups is 1. The zero-order valence-corrected chi connectivity index (χ0v) is 9.35. The highest BCUT2D eigenvalue weighted by Crippen LogP contribution is 2.29. The van der Waals surface area contributed by atoms with Crippen LogP contribution in [0.1, 0.15) is 20.3 Å². The van der Waals surface area contributed by atoms with Crippen LogP contribution in [0.3, 0.4) is 0 Å². The highest BCUT2D eigenvalue weighted by Gasteiger charge is 2.41. The summed E-state index contributed by atoms with van der Waals surface area (Å²) in [7, 11) is 1.31. The Morgan fingerprint density at radius 2 is 2.13 bits per heavy atom. The largest absolute Gasteiger partial charge is 0.469 e. The van der Waals surface area contributed by atoms with E-state index in [1.165, 1.54) is 7.11 Å². The molecule has 88 valence electrons. The van der Waals surface area contributed by atoms with Crippen LogP contribution in [-0.2, 0) is 9.53 Å². The van der Waals surface area contributed by atoms with Gasteiger partial charge in [0.05, 0.1) is 19.1 Å². The van der Waals surface area contributed by atoms with E-state index in [0.717, 1.165) is 0 Å². The van der Waals surface area contributed by atoms with Crippen molar-refractivity contribution >= 4 is 5.97 Å². The maximum atomic E-state index is 12.9. The highest BCUT2D eigenvalue weighted by atomic mass is 19.3. The van der Waals surface area contributed by atoms with Crippen molar-refractivity contribution in [3.8, 4) is 0 Å². The Bertz CT molecular complexity index is 254. The molecule has 3 nitrogen and oxygen atoms in total. The first-order valence-electron chi connectivity index (χ1n) is 4.95. The van der Waals surface area contributed by atoms with E-state index in [1.54, 1.807) is 18.7 Å². The predicted octanol–water partition coefficient (Wildman–Crippen LogP) is 1.53. The van der Waals surface area contributed by atoms with E-state index in [2.05, 4.69) is 4.74 Å². The molecule has 5 heteroatoms. The molecule has 0 bridgehead atoms. The van der Waals surface area contributed by atoms with Crippen LogP contribution < -0.4 is 0 Å². The first-order valence-corrected chi connectivity index (χ1v) is 4.95. The lowest BCUT2D eigenvalue weighted by Crippen LogP contribution is -2.39. The minimum Gasteiger partial charge on any atom is -0.469 e. The summed E-state index contributed by atoms with van der Waals surface area (Å²) in [5.74, 6) is -2.97. The number of ether oxygens (including phenoxy) is 1. The molecule has 0 aliphatic carbocycles. The minimum absolute atomic E-state index is 0.121. The Labute approximate surface area is 88.4 Å². The lowest BCUT2D eigenvalue weighted by Gasteiger charge is -2.27. The van der Waals surface area contributed by atoms with Crippen LogP contribution in [0.5, 0.6) is 0 Å². The summed E-state index contributed by atoms with van der Waals surface area (Å²) in [4.78, 5) is 13.0. The van der Waals surface area contributed by atoms with Gasteiger partial charge in [-0.05, 0) is 13.8 Å². The summed E-state index contributed by atoms with van der Waals surface area (Å²) in [6.45, 7) is 3.81. The zero-order valence-electron chi connectivity index (χ0n) is 9.35. The summed E-state index contributed by atoms with van der Waals surface area (Å²) in [5.41, 5.74) is -0.727. The smallest absolute Gasteiger partial charge is 0.312 e. The SMILES string of the molecule is COC(=O)C(C)(C)CN1CCC(F)(F)C1. The number of methoxy groups -OCH3 is 1. The van der Waals surface area contributed by atoms with Gasteiger partial charge in [-0.15, -0.1) is 0 Å². The number of halogens is 2. The van der Waals surface area contributed by atoms with Crippen LogP contribution in [0.2, 0.25) is 0 Å². The van der Waals surface area contributed by atoms with E-state index in [9.17, 15) is 13.6 Å². The second-order valence-electron chi connectivity index (χ2n) is 4.69. The van der Waals surface area contributed by atoms with Crippen molar-refractivity contribution in [3.05, 3.63) is 0 Å². The molecule has 0 radical (unpaired) electrons. The number of hydrogen-bond acceptors (Lipinski definition) is 3. The number of carbonyl (C=O) groups excluding carboxylic acids is 1. The molecule has 0 saturated carbocycles. The van der Waals surface area contributed by atoms with Gasteiger partial charge < -0.3 is 4.74 Å². The number of rotatable bonds is 3. The first-order chi connectivity index (χ1) is 6.77. The molecule has 15 heavy (non-hydrogen) atoms. The summed E-state index contributed by atoms with van der Waals surface area (Å²) >= 11 is 0. The van der Waals surface area contributed by atoms with E-state index < -0.39 is 11.3 Å². The lowest BCUT2D eigenvalue weighted by atomic mass is 9.93. The quantitative estimate of drug-likeness (QED) is 0.677. The molecule has 0 aromatic heterocycles. The molecule has 0 atom stereocenters. The molecule has 1 heterocycles. The second kappa shape index (κ2) is 4.04. The Morgan fingerprint density at radius 1 is 1.53 bits per heavy atom. The Balaban J connectivity index is 2.52. The van der Waals surface area contributed by atoms with Crippen molar-refractivity contribution in [3.63, 3.8) is 0 Å². The van der Waals surface area contributed by atoms with Gasteiger partial charge >= 0.3 is 5.97 Å². The third kappa shape index (κ3) is 3.12. The van der Waals surface area contributed by atoms with Gasteiger partial charge in [-0.25, -0.2) is 8.78 Å². The lowest BCUT2D eigenvalue weighted by molar-refractivity contribution is -0.151. The number of esters is 1. The van der Waals surface area contributed by atoms with Crippen molar-refractivity contribution in [1.82, 2.24) is 4.90 Å². The summed E-state index contributed by atoms with van der Waals surface area (Å²) in [5, 5.41) is 0. The number of hydrogen-bond donors (Lipinski definition) is 0. The molecule has 0 N–H and O–H groups in total. The van der Waals surface area contributed by atoms with Gasteiger partial charge in [-0.2, -0.15) is 0 Å². The predicted molar refractivity (Wildman–Crippen MR) is 51.8 cm³/mol. The summed E-state index contributed by atoms with van der Waals surface area (Å²) in [6.07, 6.45) is -0.121. The average molecular weight is 221 g/mol. The molecule has 1 rings (SSSR count). The van der Waals surface area contributed by atoms with Gasteiger partial charge in [-0.1, -0.05) is 0 Å². The number of nitrogens with zero attached hydrogens (tertiary/aromatic N) is 1. The normalized spacial score (nSPS) is 21.7. The van der Waals surface area contributed by atoms with Gasteiger partial charge in [0.1, 0.15) is 0 Å². The molecule has 1 fully saturated rings. The maximum Gasteiger partial charge on any atom is 0.312 e. The van der Waals surface area contributed by atoms with Crippen molar-refractivity contribution in [2.45, 2.75) is 26.2 Å². The van der Waals surface area contributed by atoms with Crippen molar-refractivity contribution < 1.29 is 18.3 Å². The molecule has 0 aromatic rings. The number of likely N-dealkylation sites (tertiary alicyclic amines) is 1. The summed E-state index contributed by atoms with van der Waals surface area (Å²) in [6, 6.07) is 0. The van der Waals surface area contributed by atoms with Crippen LogP contribution in [0, 0.1) is 5.41 Å². The summed E-state index contributed by atoms with van der Waals surface area (Å²) < 4.78 is 30.4. The Kier molecular flexibility index (Phi) is 3.33.